The van der Waals surface area contributed by atoms with E-state index in [1.807, 2.05) is 18.2 Å². The summed E-state index contributed by atoms with van der Waals surface area (Å²) in [5, 5.41) is 19.1. The van der Waals surface area contributed by atoms with Gasteiger partial charge in [0.2, 0.25) is 0 Å². The number of aliphatic hydroxyl groups excluding tert-OH is 1. The number of ether oxygens (including phenoxy) is 3. The van der Waals surface area contributed by atoms with Gasteiger partial charge in [-0.1, -0.05) is 6.07 Å². The Bertz CT molecular complexity index is 622. The zero-order chi connectivity index (χ0) is 18.4. The zero-order valence-corrected chi connectivity index (χ0v) is 15.3. The molecule has 0 aliphatic carbocycles. The van der Waals surface area contributed by atoms with Gasteiger partial charge in [0.15, 0.2) is 11.5 Å². The quantitative estimate of drug-likeness (QED) is 0.731. The van der Waals surface area contributed by atoms with E-state index in [0.29, 0.717) is 18.0 Å². The van der Waals surface area contributed by atoms with Crippen molar-refractivity contribution < 1.29 is 19.3 Å². The molecule has 142 valence electrons. The maximum atomic E-state index is 10.2. The van der Waals surface area contributed by atoms with Crippen LogP contribution in [-0.2, 0) is 11.3 Å². The van der Waals surface area contributed by atoms with Crippen molar-refractivity contribution >= 4 is 0 Å². The number of nitriles is 1. The first kappa shape index (κ1) is 18.9. The molecule has 2 saturated heterocycles. The van der Waals surface area contributed by atoms with Gasteiger partial charge in [-0.2, -0.15) is 5.26 Å². The molecule has 2 aliphatic heterocycles. The summed E-state index contributed by atoms with van der Waals surface area (Å²) in [4.78, 5) is 4.41. The van der Waals surface area contributed by atoms with E-state index in [0.717, 1.165) is 51.5 Å². The Morgan fingerprint density at radius 3 is 2.73 bits per heavy atom. The largest absolute Gasteiger partial charge is 0.493 e. The van der Waals surface area contributed by atoms with Crippen molar-refractivity contribution in [3.63, 3.8) is 0 Å². The summed E-state index contributed by atoms with van der Waals surface area (Å²) in [6.07, 6.45) is -0.554. The molecule has 0 amide bonds. The molecule has 26 heavy (non-hydrogen) atoms. The number of aliphatic hydroxyl groups is 1. The van der Waals surface area contributed by atoms with Gasteiger partial charge in [-0.25, -0.2) is 0 Å². The van der Waals surface area contributed by atoms with Gasteiger partial charge in [-0.05, 0) is 17.7 Å². The Balaban J connectivity index is 1.48. The van der Waals surface area contributed by atoms with Crippen LogP contribution in [0.1, 0.15) is 5.56 Å². The van der Waals surface area contributed by atoms with E-state index in [2.05, 4.69) is 15.9 Å². The minimum absolute atomic E-state index is 0.160. The molecule has 0 saturated carbocycles. The number of likely N-dealkylation sites (tertiary alicyclic amines) is 1. The third-order valence-electron chi connectivity index (χ3n) is 4.78. The van der Waals surface area contributed by atoms with Crippen LogP contribution in [0, 0.1) is 17.2 Å². The van der Waals surface area contributed by atoms with Crippen LogP contribution in [0.5, 0.6) is 11.5 Å². The van der Waals surface area contributed by atoms with Gasteiger partial charge in [-0.3, -0.25) is 9.80 Å². The molecule has 3 rings (SSSR count). The number of nitrogens with zero attached hydrogens (tertiary/aromatic N) is 3. The molecule has 1 aromatic carbocycles. The van der Waals surface area contributed by atoms with Gasteiger partial charge in [0.05, 0.1) is 32.3 Å². The highest BCUT2D eigenvalue weighted by Gasteiger charge is 2.26. The lowest BCUT2D eigenvalue weighted by molar-refractivity contribution is 0.00445. The number of methoxy groups -OCH3 is 1. The van der Waals surface area contributed by atoms with Crippen LogP contribution in [0.15, 0.2) is 18.2 Å². The number of benzene rings is 1. The molecule has 0 aromatic heterocycles. The Kier molecular flexibility index (Phi) is 6.69. The van der Waals surface area contributed by atoms with E-state index < -0.39 is 6.10 Å². The van der Waals surface area contributed by atoms with E-state index in [1.54, 1.807) is 7.11 Å². The molecule has 1 N–H and O–H groups in total. The molecule has 2 aliphatic rings. The summed E-state index contributed by atoms with van der Waals surface area (Å²) < 4.78 is 16.5. The Labute approximate surface area is 154 Å². The van der Waals surface area contributed by atoms with E-state index in [-0.39, 0.29) is 12.5 Å². The van der Waals surface area contributed by atoms with Crippen LogP contribution in [-0.4, -0.2) is 80.7 Å². The second-order valence-corrected chi connectivity index (χ2v) is 6.88. The third kappa shape index (κ3) is 5.08. The average Bonchev–Trinajstić information content (AvgIpc) is 2.63. The lowest BCUT2D eigenvalue weighted by Crippen LogP contribution is -2.45. The number of hydrogen-bond acceptors (Lipinski definition) is 7. The predicted molar refractivity (Wildman–Crippen MR) is 96.1 cm³/mol. The standard InChI is InChI=1S/C19H27N3O4/c1-24-19-8-15(10-22-11-16(9-20)12-22)2-3-18(19)26-14-17(23)13-21-4-6-25-7-5-21/h2-3,8,16-17,23H,4-7,10-14H2,1H3. The Morgan fingerprint density at radius 2 is 2.04 bits per heavy atom. The molecule has 2 fully saturated rings. The van der Waals surface area contributed by atoms with Gasteiger partial charge in [0, 0.05) is 39.3 Å². The average molecular weight is 361 g/mol. The molecule has 7 heteroatoms. The molecular formula is C19H27N3O4. The van der Waals surface area contributed by atoms with Crippen molar-refractivity contribution in [2.75, 3.05) is 59.7 Å². The Hall–Kier alpha value is -1.85. The van der Waals surface area contributed by atoms with Crippen molar-refractivity contribution in [2.24, 2.45) is 5.92 Å². The van der Waals surface area contributed by atoms with Crippen molar-refractivity contribution in [1.29, 1.82) is 5.26 Å². The van der Waals surface area contributed by atoms with Gasteiger partial charge in [0.25, 0.3) is 0 Å². The Morgan fingerprint density at radius 1 is 1.27 bits per heavy atom. The predicted octanol–water partition coefficient (Wildman–Crippen LogP) is 0.722. The highest BCUT2D eigenvalue weighted by Crippen LogP contribution is 2.29. The third-order valence-corrected chi connectivity index (χ3v) is 4.78. The van der Waals surface area contributed by atoms with Gasteiger partial charge < -0.3 is 19.3 Å². The van der Waals surface area contributed by atoms with Crippen LogP contribution < -0.4 is 9.47 Å². The normalized spacial score (nSPS) is 20.2. The topological polar surface area (TPSA) is 78.2 Å². The highest BCUT2D eigenvalue weighted by molar-refractivity contribution is 5.43. The molecule has 1 atom stereocenters. The number of β-amino-alcohol motifs (C(OH)–C–C–N with tert-alkyl or cyclic N) is 1. The lowest BCUT2D eigenvalue weighted by Gasteiger charge is -2.35. The van der Waals surface area contributed by atoms with Crippen molar-refractivity contribution in [2.45, 2.75) is 12.6 Å². The molecule has 0 radical (unpaired) electrons. The first-order chi connectivity index (χ1) is 12.7. The van der Waals surface area contributed by atoms with E-state index in [4.69, 9.17) is 19.5 Å². The fourth-order valence-corrected chi connectivity index (χ4v) is 3.29. The van der Waals surface area contributed by atoms with E-state index in [1.165, 1.54) is 0 Å². The second-order valence-electron chi connectivity index (χ2n) is 6.88. The van der Waals surface area contributed by atoms with Crippen molar-refractivity contribution in [3.05, 3.63) is 23.8 Å². The molecule has 0 bridgehead atoms. The van der Waals surface area contributed by atoms with Crippen LogP contribution in [0.3, 0.4) is 0 Å². The number of hydrogen-bond donors (Lipinski definition) is 1. The SMILES string of the molecule is COc1cc(CN2CC(C#N)C2)ccc1OCC(O)CN1CCOCC1. The van der Waals surface area contributed by atoms with Gasteiger partial charge in [-0.15, -0.1) is 0 Å². The summed E-state index contributed by atoms with van der Waals surface area (Å²) in [6, 6.07) is 8.14. The van der Waals surface area contributed by atoms with Crippen LogP contribution in [0.4, 0.5) is 0 Å². The van der Waals surface area contributed by atoms with Gasteiger partial charge in [0.1, 0.15) is 12.7 Å². The minimum Gasteiger partial charge on any atom is -0.493 e. The summed E-state index contributed by atoms with van der Waals surface area (Å²) in [5.41, 5.74) is 1.12. The second kappa shape index (κ2) is 9.19. The molecule has 2 heterocycles. The summed E-state index contributed by atoms with van der Waals surface area (Å²) in [7, 11) is 1.62. The van der Waals surface area contributed by atoms with Crippen LogP contribution in [0.2, 0.25) is 0 Å². The number of rotatable bonds is 8. The van der Waals surface area contributed by atoms with Crippen molar-refractivity contribution in [3.8, 4) is 17.6 Å². The number of morpholine rings is 1. The molecule has 7 nitrogen and oxygen atoms in total. The lowest BCUT2D eigenvalue weighted by atomic mass is 10.0. The molecule has 1 unspecified atom stereocenters. The summed E-state index contributed by atoms with van der Waals surface area (Å²) >= 11 is 0. The van der Waals surface area contributed by atoms with Crippen LogP contribution in [0.25, 0.3) is 0 Å². The first-order valence-electron chi connectivity index (χ1n) is 9.07. The molecular weight excluding hydrogens is 334 g/mol. The van der Waals surface area contributed by atoms with Gasteiger partial charge >= 0.3 is 0 Å². The van der Waals surface area contributed by atoms with Crippen LogP contribution >= 0.6 is 0 Å². The fraction of sp³-hybridized carbons (Fsp3) is 0.632. The van der Waals surface area contributed by atoms with Crippen molar-refractivity contribution in [1.82, 2.24) is 9.80 Å². The first-order valence-corrected chi connectivity index (χ1v) is 9.07. The van der Waals surface area contributed by atoms with E-state index >= 15 is 0 Å². The summed E-state index contributed by atoms with van der Waals surface area (Å²) in [5.74, 6) is 1.46. The summed E-state index contributed by atoms with van der Waals surface area (Å²) in [6.45, 7) is 6.38. The minimum atomic E-state index is -0.554. The smallest absolute Gasteiger partial charge is 0.161 e. The molecule has 1 aromatic rings. The zero-order valence-electron chi connectivity index (χ0n) is 15.3. The maximum Gasteiger partial charge on any atom is 0.161 e. The van der Waals surface area contributed by atoms with E-state index in [9.17, 15) is 5.11 Å². The highest BCUT2D eigenvalue weighted by atomic mass is 16.5. The maximum absolute atomic E-state index is 10.2. The monoisotopic (exact) mass is 361 g/mol. The fourth-order valence-electron chi connectivity index (χ4n) is 3.29. The molecule has 0 spiro atoms.